The van der Waals surface area contributed by atoms with Crippen molar-refractivity contribution in [1.82, 2.24) is 4.90 Å². The fourth-order valence-corrected chi connectivity index (χ4v) is 3.76. The average molecular weight is 420 g/mol. The van der Waals surface area contributed by atoms with Crippen molar-refractivity contribution in [1.29, 1.82) is 0 Å². The van der Waals surface area contributed by atoms with Crippen molar-refractivity contribution in [3.05, 3.63) is 58.1 Å². The van der Waals surface area contributed by atoms with Gasteiger partial charge in [-0.15, -0.1) is 0 Å². The van der Waals surface area contributed by atoms with E-state index in [9.17, 15) is 14.4 Å². The van der Waals surface area contributed by atoms with Gasteiger partial charge in [0.1, 0.15) is 6.04 Å². The van der Waals surface area contributed by atoms with Crippen LogP contribution in [-0.2, 0) is 9.59 Å². The normalized spacial score (nSPS) is 16.0. The maximum atomic E-state index is 12.9. The van der Waals surface area contributed by atoms with E-state index in [0.29, 0.717) is 39.9 Å². The van der Waals surface area contributed by atoms with E-state index in [-0.39, 0.29) is 17.7 Å². The van der Waals surface area contributed by atoms with Gasteiger partial charge in [0.2, 0.25) is 11.8 Å². The van der Waals surface area contributed by atoms with Gasteiger partial charge < -0.3 is 15.5 Å². The molecule has 1 fully saturated rings. The molecule has 0 bridgehead atoms. The number of anilines is 2. The summed E-state index contributed by atoms with van der Waals surface area (Å²) in [6.45, 7) is 1.89. The van der Waals surface area contributed by atoms with Gasteiger partial charge in [0.25, 0.3) is 5.91 Å². The molecular formula is C20H19Cl2N3O3. The van der Waals surface area contributed by atoms with Crippen LogP contribution < -0.4 is 10.6 Å². The summed E-state index contributed by atoms with van der Waals surface area (Å²) < 4.78 is 0. The van der Waals surface area contributed by atoms with E-state index in [0.717, 1.165) is 6.42 Å². The van der Waals surface area contributed by atoms with Crippen LogP contribution in [0.4, 0.5) is 11.4 Å². The van der Waals surface area contributed by atoms with Gasteiger partial charge in [0.05, 0.1) is 0 Å². The van der Waals surface area contributed by atoms with Crippen LogP contribution in [-0.4, -0.2) is 35.2 Å². The maximum Gasteiger partial charge on any atom is 0.254 e. The van der Waals surface area contributed by atoms with Crippen LogP contribution >= 0.6 is 23.2 Å². The SMILES string of the molecule is CC(=O)Nc1cccc(NC(=O)C2CCCN2C(=O)c2cc(Cl)cc(Cl)c2)c1. The van der Waals surface area contributed by atoms with Crippen LogP contribution in [0.15, 0.2) is 42.5 Å². The molecule has 1 saturated heterocycles. The van der Waals surface area contributed by atoms with Gasteiger partial charge in [-0.3, -0.25) is 14.4 Å². The van der Waals surface area contributed by atoms with Crippen molar-refractivity contribution >= 4 is 52.3 Å². The molecule has 2 aromatic carbocycles. The highest BCUT2D eigenvalue weighted by Gasteiger charge is 2.34. The van der Waals surface area contributed by atoms with Crippen LogP contribution in [0.25, 0.3) is 0 Å². The maximum absolute atomic E-state index is 12.9. The number of rotatable bonds is 4. The van der Waals surface area contributed by atoms with Gasteiger partial charge in [-0.2, -0.15) is 0 Å². The number of nitrogens with one attached hydrogen (secondary N) is 2. The molecule has 1 atom stereocenters. The topological polar surface area (TPSA) is 78.5 Å². The third-order valence-corrected chi connectivity index (χ3v) is 4.81. The Labute approximate surface area is 172 Å². The first-order chi connectivity index (χ1) is 13.3. The van der Waals surface area contributed by atoms with Gasteiger partial charge in [-0.25, -0.2) is 0 Å². The quantitative estimate of drug-likeness (QED) is 0.779. The summed E-state index contributed by atoms with van der Waals surface area (Å²) in [4.78, 5) is 38.4. The first-order valence-corrected chi connectivity index (χ1v) is 9.54. The molecule has 146 valence electrons. The predicted molar refractivity (Wildman–Crippen MR) is 110 cm³/mol. The molecule has 0 spiro atoms. The number of halogens is 2. The van der Waals surface area contributed by atoms with E-state index in [1.54, 1.807) is 42.5 Å². The number of hydrogen-bond acceptors (Lipinski definition) is 3. The van der Waals surface area contributed by atoms with E-state index in [1.165, 1.54) is 11.8 Å². The fourth-order valence-electron chi connectivity index (χ4n) is 3.23. The summed E-state index contributed by atoms with van der Waals surface area (Å²) in [6, 6.07) is 10.9. The van der Waals surface area contributed by atoms with Crippen LogP contribution in [0.5, 0.6) is 0 Å². The van der Waals surface area contributed by atoms with E-state index in [1.807, 2.05) is 0 Å². The third kappa shape index (κ3) is 4.82. The Balaban J connectivity index is 1.74. The second-order valence-corrected chi connectivity index (χ2v) is 7.44. The van der Waals surface area contributed by atoms with Crippen LogP contribution in [0.1, 0.15) is 30.1 Å². The number of amides is 3. The molecule has 6 nitrogen and oxygen atoms in total. The molecule has 0 saturated carbocycles. The van der Waals surface area contributed by atoms with Gasteiger partial charge in [-0.1, -0.05) is 29.3 Å². The minimum absolute atomic E-state index is 0.198. The summed E-state index contributed by atoms with van der Waals surface area (Å²) >= 11 is 12.0. The Hall–Kier alpha value is -2.57. The fraction of sp³-hybridized carbons (Fsp3) is 0.250. The zero-order valence-electron chi connectivity index (χ0n) is 15.2. The number of benzene rings is 2. The van der Waals surface area contributed by atoms with Crippen molar-refractivity contribution in [2.24, 2.45) is 0 Å². The van der Waals surface area contributed by atoms with E-state index < -0.39 is 6.04 Å². The molecular weight excluding hydrogens is 401 g/mol. The van der Waals surface area contributed by atoms with Crippen molar-refractivity contribution in [3.8, 4) is 0 Å². The Morgan fingerprint density at radius 1 is 1.00 bits per heavy atom. The lowest BCUT2D eigenvalue weighted by atomic mass is 10.1. The average Bonchev–Trinajstić information content (AvgIpc) is 3.09. The minimum atomic E-state index is -0.588. The van der Waals surface area contributed by atoms with Crippen molar-refractivity contribution in [2.45, 2.75) is 25.8 Å². The van der Waals surface area contributed by atoms with E-state index in [2.05, 4.69) is 10.6 Å². The highest BCUT2D eigenvalue weighted by molar-refractivity contribution is 6.35. The molecule has 1 heterocycles. The Bertz CT molecular complexity index is 912. The van der Waals surface area contributed by atoms with Gasteiger partial charge in [0.15, 0.2) is 0 Å². The lowest BCUT2D eigenvalue weighted by Gasteiger charge is -2.24. The first kappa shape index (κ1) is 20.2. The predicted octanol–water partition coefficient (Wildman–Crippen LogP) is 4.20. The molecule has 2 N–H and O–H groups in total. The first-order valence-electron chi connectivity index (χ1n) is 8.79. The minimum Gasteiger partial charge on any atom is -0.327 e. The zero-order valence-corrected chi connectivity index (χ0v) is 16.7. The van der Waals surface area contributed by atoms with Crippen LogP contribution in [0.2, 0.25) is 10.0 Å². The monoisotopic (exact) mass is 419 g/mol. The number of hydrogen-bond donors (Lipinski definition) is 2. The molecule has 3 rings (SSSR count). The Kier molecular flexibility index (Phi) is 6.21. The summed E-state index contributed by atoms with van der Waals surface area (Å²) in [5.41, 5.74) is 1.48. The van der Waals surface area contributed by atoms with Gasteiger partial charge in [-0.05, 0) is 49.2 Å². The number of likely N-dealkylation sites (tertiary alicyclic amines) is 1. The number of carbonyl (C=O) groups excluding carboxylic acids is 3. The highest BCUT2D eigenvalue weighted by Crippen LogP contribution is 2.25. The van der Waals surface area contributed by atoms with Crippen molar-refractivity contribution in [2.75, 3.05) is 17.2 Å². The molecule has 2 aromatic rings. The van der Waals surface area contributed by atoms with Gasteiger partial charge in [0, 0.05) is 40.5 Å². The van der Waals surface area contributed by atoms with E-state index >= 15 is 0 Å². The van der Waals surface area contributed by atoms with Gasteiger partial charge >= 0.3 is 0 Å². The Morgan fingerprint density at radius 3 is 2.29 bits per heavy atom. The molecule has 1 aliphatic heterocycles. The van der Waals surface area contributed by atoms with Crippen molar-refractivity contribution in [3.63, 3.8) is 0 Å². The van der Waals surface area contributed by atoms with E-state index in [4.69, 9.17) is 23.2 Å². The summed E-state index contributed by atoms with van der Waals surface area (Å²) in [6.07, 6.45) is 1.29. The molecule has 8 heteroatoms. The Morgan fingerprint density at radius 2 is 1.64 bits per heavy atom. The number of carbonyl (C=O) groups is 3. The lowest BCUT2D eigenvalue weighted by molar-refractivity contribution is -0.119. The van der Waals surface area contributed by atoms with Crippen molar-refractivity contribution < 1.29 is 14.4 Å². The summed E-state index contributed by atoms with van der Waals surface area (Å²) in [5, 5.41) is 6.22. The molecule has 0 aliphatic carbocycles. The molecule has 28 heavy (non-hydrogen) atoms. The molecule has 0 radical (unpaired) electrons. The highest BCUT2D eigenvalue weighted by atomic mass is 35.5. The summed E-state index contributed by atoms with van der Waals surface area (Å²) in [7, 11) is 0. The lowest BCUT2D eigenvalue weighted by Crippen LogP contribution is -2.43. The molecule has 0 aromatic heterocycles. The van der Waals surface area contributed by atoms with Crippen LogP contribution in [0.3, 0.4) is 0 Å². The summed E-state index contributed by atoms with van der Waals surface area (Å²) in [5.74, 6) is -0.760. The zero-order chi connectivity index (χ0) is 20.3. The number of nitrogens with zero attached hydrogens (tertiary/aromatic N) is 1. The third-order valence-electron chi connectivity index (χ3n) is 4.38. The molecule has 1 aliphatic rings. The second-order valence-electron chi connectivity index (χ2n) is 6.57. The molecule has 1 unspecified atom stereocenters. The standard InChI is InChI=1S/C20H19Cl2N3O3/c1-12(26)23-16-4-2-5-17(11-16)24-19(27)18-6-3-7-25(18)20(28)13-8-14(21)10-15(22)9-13/h2,4-5,8-11,18H,3,6-7H2,1H3,(H,23,26)(H,24,27). The second kappa shape index (κ2) is 8.63. The van der Waals surface area contributed by atoms with Crippen LogP contribution in [0, 0.1) is 0 Å². The largest absolute Gasteiger partial charge is 0.327 e. The molecule has 3 amide bonds. The smallest absolute Gasteiger partial charge is 0.254 e.